The number of carbonyl (C=O) groups excluding carboxylic acids is 2. The summed E-state index contributed by atoms with van der Waals surface area (Å²) in [6, 6.07) is 13.5. The molecular weight excluding hydrogens is 460 g/mol. The molecular formula is C26H28N6O4. The van der Waals surface area contributed by atoms with Crippen LogP contribution >= 0.6 is 0 Å². The van der Waals surface area contributed by atoms with Crippen molar-refractivity contribution < 1.29 is 19.1 Å². The zero-order valence-corrected chi connectivity index (χ0v) is 20.3. The molecule has 0 radical (unpaired) electrons. The van der Waals surface area contributed by atoms with Gasteiger partial charge in [0, 0.05) is 19.3 Å². The van der Waals surface area contributed by atoms with Crippen LogP contribution in [0.4, 0.5) is 11.4 Å². The Morgan fingerprint density at radius 3 is 2.75 bits per heavy atom. The van der Waals surface area contributed by atoms with Crippen molar-refractivity contribution in [2.24, 2.45) is 0 Å². The fourth-order valence-corrected chi connectivity index (χ4v) is 5.06. The Hall–Kier alpha value is -3.92. The highest BCUT2D eigenvalue weighted by Crippen LogP contribution is 2.38. The van der Waals surface area contributed by atoms with E-state index in [1.165, 1.54) is 11.9 Å². The smallest absolute Gasteiger partial charge is 0.291 e. The first-order chi connectivity index (χ1) is 17.4. The molecule has 3 aliphatic rings. The predicted octanol–water partition coefficient (Wildman–Crippen LogP) is 1.77. The highest BCUT2D eigenvalue weighted by atomic mass is 16.5. The first-order valence-electron chi connectivity index (χ1n) is 12.1. The zero-order valence-electron chi connectivity index (χ0n) is 20.3. The molecule has 36 heavy (non-hydrogen) atoms. The van der Waals surface area contributed by atoms with Crippen LogP contribution in [-0.2, 0) is 16.1 Å². The van der Waals surface area contributed by atoms with E-state index in [0.29, 0.717) is 24.0 Å². The van der Waals surface area contributed by atoms with Gasteiger partial charge in [0.2, 0.25) is 5.82 Å². The van der Waals surface area contributed by atoms with Crippen molar-refractivity contribution in [3.63, 3.8) is 0 Å². The maximum Gasteiger partial charge on any atom is 0.291 e. The molecule has 3 atom stereocenters. The number of nitrogens with one attached hydrogen (secondary N) is 1. The number of anilines is 2. The summed E-state index contributed by atoms with van der Waals surface area (Å²) < 4.78 is 13.3. The third kappa shape index (κ3) is 4.17. The van der Waals surface area contributed by atoms with Gasteiger partial charge in [-0.25, -0.2) is 9.67 Å². The van der Waals surface area contributed by atoms with E-state index in [9.17, 15) is 9.59 Å². The van der Waals surface area contributed by atoms with Crippen LogP contribution in [0.1, 0.15) is 28.2 Å². The van der Waals surface area contributed by atoms with E-state index in [2.05, 4.69) is 20.3 Å². The lowest BCUT2D eigenvalue weighted by Gasteiger charge is -2.30. The second-order valence-electron chi connectivity index (χ2n) is 9.63. The minimum atomic E-state index is -0.862. The number of hydrogen-bond acceptors (Lipinski definition) is 7. The zero-order chi connectivity index (χ0) is 24.8. The van der Waals surface area contributed by atoms with Crippen LogP contribution in [0.25, 0.3) is 0 Å². The number of carbonyl (C=O) groups is 2. The molecule has 2 bridgehead atoms. The molecule has 0 saturated carbocycles. The van der Waals surface area contributed by atoms with Gasteiger partial charge in [0.1, 0.15) is 24.7 Å². The second-order valence-corrected chi connectivity index (χ2v) is 9.63. The SMILES string of the molecule is Cc1ccc(Cn2cnc(C(=O)N[C@H]3COc4ccc(N5C[C@@H]6C[C@H]5CO6)cc4N(C)C3=O)n2)cc1. The summed E-state index contributed by atoms with van der Waals surface area (Å²) in [5.74, 6) is -0.169. The molecule has 6 rings (SSSR count). The van der Waals surface area contributed by atoms with Gasteiger partial charge in [-0.15, -0.1) is 5.10 Å². The van der Waals surface area contributed by atoms with Crippen molar-refractivity contribution in [2.45, 2.75) is 38.1 Å². The molecule has 4 heterocycles. The molecule has 2 amide bonds. The third-order valence-electron chi connectivity index (χ3n) is 7.08. The average Bonchev–Trinajstić information content (AvgIpc) is 3.63. The summed E-state index contributed by atoms with van der Waals surface area (Å²) in [4.78, 5) is 34.1. The topological polar surface area (TPSA) is 102 Å². The summed E-state index contributed by atoms with van der Waals surface area (Å²) in [5.41, 5.74) is 3.95. The van der Waals surface area contributed by atoms with E-state index in [4.69, 9.17) is 9.47 Å². The summed E-state index contributed by atoms with van der Waals surface area (Å²) in [6.07, 6.45) is 2.82. The number of morpholine rings is 1. The molecule has 10 nitrogen and oxygen atoms in total. The van der Waals surface area contributed by atoms with Gasteiger partial charge in [-0.2, -0.15) is 0 Å². The Labute approximate surface area is 208 Å². The highest BCUT2D eigenvalue weighted by Gasteiger charge is 2.40. The monoisotopic (exact) mass is 488 g/mol. The second kappa shape index (κ2) is 8.94. The number of hydrogen-bond donors (Lipinski definition) is 1. The summed E-state index contributed by atoms with van der Waals surface area (Å²) >= 11 is 0. The Morgan fingerprint density at radius 1 is 1.17 bits per heavy atom. The maximum atomic E-state index is 13.3. The average molecular weight is 489 g/mol. The van der Waals surface area contributed by atoms with Gasteiger partial charge >= 0.3 is 0 Å². The standard InChI is InChI=1S/C26H28N6O4/c1-16-3-5-17(6-4-16)11-31-15-27-24(29-31)25(33)28-21-14-36-23-8-7-18(10-22(23)30(2)26(21)34)32-12-20-9-19(32)13-35-20/h3-8,10,15,19-21H,9,11-14H2,1-2H3,(H,28,33)/t19-,20-,21-/m0/s1. The van der Waals surface area contributed by atoms with Gasteiger partial charge in [-0.05, 0) is 37.1 Å². The first kappa shape index (κ1) is 22.5. The number of likely N-dealkylation sites (N-methyl/N-ethyl adjacent to an activating group) is 1. The lowest BCUT2D eigenvalue weighted by Crippen LogP contribution is -2.49. The van der Waals surface area contributed by atoms with Gasteiger partial charge in [-0.1, -0.05) is 29.8 Å². The van der Waals surface area contributed by atoms with E-state index in [-0.39, 0.29) is 24.4 Å². The Balaban J connectivity index is 1.14. The molecule has 0 aliphatic carbocycles. The van der Waals surface area contributed by atoms with Crippen LogP contribution < -0.4 is 19.9 Å². The molecule has 186 valence electrons. The highest BCUT2D eigenvalue weighted by molar-refractivity contribution is 6.02. The third-order valence-corrected chi connectivity index (χ3v) is 7.08. The number of ether oxygens (including phenoxy) is 2. The van der Waals surface area contributed by atoms with Gasteiger partial charge in [0.05, 0.1) is 31.0 Å². The number of amides is 2. The number of aryl methyl sites for hydroxylation is 1. The quantitative estimate of drug-likeness (QED) is 0.584. The number of aromatic nitrogens is 3. The van der Waals surface area contributed by atoms with Crippen LogP contribution in [0.2, 0.25) is 0 Å². The Morgan fingerprint density at radius 2 is 2.00 bits per heavy atom. The number of rotatable bonds is 5. The molecule has 3 aliphatic heterocycles. The van der Waals surface area contributed by atoms with E-state index >= 15 is 0 Å². The maximum absolute atomic E-state index is 13.3. The van der Waals surface area contributed by atoms with Gasteiger partial charge in [0.15, 0.2) is 0 Å². The van der Waals surface area contributed by atoms with Gasteiger partial charge in [0.25, 0.3) is 11.8 Å². The van der Waals surface area contributed by atoms with E-state index in [1.54, 1.807) is 16.6 Å². The molecule has 1 N–H and O–H groups in total. The molecule has 2 aromatic carbocycles. The minimum absolute atomic E-state index is 0.00733. The summed E-state index contributed by atoms with van der Waals surface area (Å²) in [7, 11) is 1.70. The van der Waals surface area contributed by atoms with Crippen molar-refractivity contribution in [3.8, 4) is 5.75 Å². The van der Waals surface area contributed by atoms with Crippen LogP contribution in [0, 0.1) is 6.92 Å². The van der Waals surface area contributed by atoms with Crippen molar-refractivity contribution in [2.75, 3.05) is 36.6 Å². The van der Waals surface area contributed by atoms with Crippen molar-refractivity contribution in [1.29, 1.82) is 0 Å². The molecule has 0 spiro atoms. The minimum Gasteiger partial charge on any atom is -0.489 e. The Kier molecular flexibility index (Phi) is 5.60. The van der Waals surface area contributed by atoms with E-state index in [1.807, 2.05) is 49.4 Å². The van der Waals surface area contributed by atoms with Crippen molar-refractivity contribution in [3.05, 3.63) is 65.7 Å². The predicted molar refractivity (Wildman–Crippen MR) is 132 cm³/mol. The van der Waals surface area contributed by atoms with Crippen LogP contribution in [0.5, 0.6) is 5.75 Å². The molecule has 3 aromatic rings. The van der Waals surface area contributed by atoms with Crippen LogP contribution in [0.3, 0.4) is 0 Å². The number of benzene rings is 2. The summed E-state index contributed by atoms with van der Waals surface area (Å²) in [5, 5.41) is 7.03. The molecule has 2 saturated heterocycles. The lowest BCUT2D eigenvalue weighted by molar-refractivity contribution is -0.120. The van der Waals surface area contributed by atoms with Crippen molar-refractivity contribution in [1.82, 2.24) is 20.1 Å². The molecule has 1 aromatic heterocycles. The van der Waals surface area contributed by atoms with Gasteiger partial charge < -0.3 is 24.6 Å². The fourth-order valence-electron chi connectivity index (χ4n) is 5.06. The Bertz CT molecular complexity index is 1310. The van der Waals surface area contributed by atoms with Crippen LogP contribution in [0.15, 0.2) is 48.8 Å². The molecule has 2 fully saturated rings. The molecule has 10 heteroatoms. The first-order valence-corrected chi connectivity index (χ1v) is 12.1. The van der Waals surface area contributed by atoms with E-state index < -0.39 is 11.9 Å². The lowest BCUT2D eigenvalue weighted by atomic mass is 10.1. The number of nitrogens with zero attached hydrogens (tertiary/aromatic N) is 5. The van der Waals surface area contributed by atoms with E-state index in [0.717, 1.165) is 30.8 Å². The van der Waals surface area contributed by atoms with Crippen LogP contribution in [-0.4, -0.2) is 71.6 Å². The van der Waals surface area contributed by atoms with Crippen molar-refractivity contribution >= 4 is 23.2 Å². The fraction of sp³-hybridized carbons (Fsp3) is 0.385. The largest absolute Gasteiger partial charge is 0.489 e. The normalized spacial score (nSPS) is 22.8. The van der Waals surface area contributed by atoms with Gasteiger partial charge in [-0.3, -0.25) is 9.59 Å². The summed E-state index contributed by atoms with van der Waals surface area (Å²) in [6.45, 7) is 4.13. The number of fused-ring (bicyclic) bond motifs is 3. The molecule has 0 unspecified atom stereocenters.